The average molecular weight is 268 g/mol. The van der Waals surface area contributed by atoms with Crippen LogP contribution in [0.25, 0.3) is 0 Å². The van der Waals surface area contributed by atoms with E-state index in [1.54, 1.807) is 11.3 Å². The van der Waals surface area contributed by atoms with Crippen molar-refractivity contribution in [1.82, 2.24) is 10.2 Å². The van der Waals surface area contributed by atoms with Gasteiger partial charge in [-0.2, -0.15) is 0 Å². The summed E-state index contributed by atoms with van der Waals surface area (Å²) in [6, 6.07) is 4.26. The first-order chi connectivity index (χ1) is 8.57. The molecule has 1 aromatic heterocycles. The van der Waals surface area contributed by atoms with Gasteiger partial charge in [-0.05, 0) is 31.2 Å². The minimum Gasteiger partial charge on any atom is -0.480 e. The standard InChI is InChI=1S/C13H20N2O2S/c1-13(14-9-12(16)17)5-7-15(10-13)6-4-11-3-2-8-18-11/h2-3,8,14H,4-7,9-10H2,1H3,(H,16,17)/t13-/m1/s1. The van der Waals surface area contributed by atoms with Crippen molar-refractivity contribution in [2.24, 2.45) is 0 Å². The summed E-state index contributed by atoms with van der Waals surface area (Å²) in [5.41, 5.74) is -0.0478. The molecule has 1 saturated heterocycles. The second-order valence-corrected chi connectivity index (χ2v) is 6.20. The van der Waals surface area contributed by atoms with Crippen LogP contribution in [0.5, 0.6) is 0 Å². The zero-order valence-corrected chi connectivity index (χ0v) is 11.5. The summed E-state index contributed by atoms with van der Waals surface area (Å²) in [5.74, 6) is -0.784. The number of likely N-dealkylation sites (tertiary alicyclic amines) is 1. The molecule has 2 rings (SSSR count). The smallest absolute Gasteiger partial charge is 0.317 e. The minimum atomic E-state index is -0.784. The molecule has 0 saturated carbocycles. The van der Waals surface area contributed by atoms with E-state index in [1.165, 1.54) is 4.88 Å². The van der Waals surface area contributed by atoms with E-state index in [4.69, 9.17) is 5.11 Å². The van der Waals surface area contributed by atoms with Crippen molar-refractivity contribution in [1.29, 1.82) is 0 Å². The Balaban J connectivity index is 1.75. The van der Waals surface area contributed by atoms with Crippen LogP contribution in [0.1, 0.15) is 18.2 Å². The largest absolute Gasteiger partial charge is 0.480 e. The first kappa shape index (κ1) is 13.5. The maximum absolute atomic E-state index is 10.6. The predicted octanol–water partition coefficient (Wildman–Crippen LogP) is 1.43. The summed E-state index contributed by atoms with van der Waals surface area (Å²) in [6.07, 6.45) is 2.11. The quantitative estimate of drug-likeness (QED) is 0.819. The maximum Gasteiger partial charge on any atom is 0.317 e. The van der Waals surface area contributed by atoms with E-state index in [0.29, 0.717) is 0 Å². The molecule has 1 aliphatic rings. The van der Waals surface area contributed by atoms with Crippen molar-refractivity contribution in [2.75, 3.05) is 26.2 Å². The molecule has 4 nitrogen and oxygen atoms in total. The van der Waals surface area contributed by atoms with Gasteiger partial charge in [-0.1, -0.05) is 6.07 Å². The highest BCUT2D eigenvalue weighted by Gasteiger charge is 2.33. The van der Waals surface area contributed by atoms with Gasteiger partial charge in [-0.15, -0.1) is 11.3 Å². The lowest BCUT2D eigenvalue weighted by atomic mass is 10.0. The molecule has 1 fully saturated rings. The number of thiophene rings is 1. The number of carboxylic acids is 1. The van der Waals surface area contributed by atoms with Gasteiger partial charge in [0, 0.05) is 30.1 Å². The zero-order valence-electron chi connectivity index (χ0n) is 10.7. The molecule has 0 aromatic carbocycles. The summed E-state index contributed by atoms with van der Waals surface area (Å²) in [4.78, 5) is 14.4. The van der Waals surface area contributed by atoms with Gasteiger partial charge in [0.25, 0.3) is 0 Å². The van der Waals surface area contributed by atoms with Crippen molar-refractivity contribution in [3.8, 4) is 0 Å². The van der Waals surface area contributed by atoms with Gasteiger partial charge in [0.05, 0.1) is 6.54 Å². The predicted molar refractivity (Wildman–Crippen MR) is 73.1 cm³/mol. The Morgan fingerprint density at radius 1 is 1.67 bits per heavy atom. The van der Waals surface area contributed by atoms with Crippen LogP contribution in [0, 0.1) is 0 Å². The number of carbonyl (C=O) groups is 1. The van der Waals surface area contributed by atoms with Gasteiger partial charge in [0.15, 0.2) is 0 Å². The number of aliphatic carboxylic acids is 1. The molecule has 0 radical (unpaired) electrons. The summed E-state index contributed by atoms with van der Waals surface area (Å²) in [7, 11) is 0. The Morgan fingerprint density at radius 3 is 3.17 bits per heavy atom. The molecular formula is C13H20N2O2S. The van der Waals surface area contributed by atoms with Crippen LogP contribution >= 0.6 is 11.3 Å². The molecule has 0 aliphatic carbocycles. The molecule has 2 heterocycles. The zero-order chi connectivity index (χ0) is 13.0. The monoisotopic (exact) mass is 268 g/mol. The molecule has 18 heavy (non-hydrogen) atoms. The Hall–Kier alpha value is -0.910. The molecule has 1 aromatic rings. The van der Waals surface area contributed by atoms with Gasteiger partial charge in [0.1, 0.15) is 0 Å². The van der Waals surface area contributed by atoms with Crippen molar-refractivity contribution < 1.29 is 9.90 Å². The molecule has 5 heteroatoms. The van der Waals surface area contributed by atoms with Gasteiger partial charge in [-0.25, -0.2) is 0 Å². The fourth-order valence-corrected chi connectivity index (χ4v) is 3.10. The summed E-state index contributed by atoms with van der Waals surface area (Å²) in [6.45, 7) is 5.21. The van der Waals surface area contributed by atoms with Crippen LogP contribution in [0.3, 0.4) is 0 Å². The molecule has 0 bridgehead atoms. The third-order valence-electron chi connectivity index (χ3n) is 3.47. The van der Waals surface area contributed by atoms with Crippen molar-refractivity contribution in [2.45, 2.75) is 25.3 Å². The molecule has 100 valence electrons. The first-order valence-corrected chi connectivity index (χ1v) is 7.17. The van der Waals surface area contributed by atoms with Crippen molar-refractivity contribution >= 4 is 17.3 Å². The maximum atomic E-state index is 10.6. The van der Waals surface area contributed by atoms with Gasteiger partial charge in [-0.3, -0.25) is 4.79 Å². The lowest BCUT2D eigenvalue weighted by molar-refractivity contribution is -0.136. The lowest BCUT2D eigenvalue weighted by Gasteiger charge is -2.25. The van der Waals surface area contributed by atoms with E-state index in [1.807, 2.05) is 0 Å². The highest BCUT2D eigenvalue weighted by atomic mass is 32.1. The molecule has 1 aliphatic heterocycles. The molecular weight excluding hydrogens is 248 g/mol. The third kappa shape index (κ3) is 3.80. The Bertz CT molecular complexity index is 394. The van der Waals surface area contributed by atoms with E-state index in [9.17, 15) is 4.79 Å². The number of nitrogens with zero attached hydrogens (tertiary/aromatic N) is 1. The van der Waals surface area contributed by atoms with Crippen LogP contribution in [-0.4, -0.2) is 47.7 Å². The number of carboxylic acid groups (broad SMARTS) is 1. The second-order valence-electron chi connectivity index (χ2n) is 5.16. The normalized spacial score (nSPS) is 24.5. The molecule has 0 spiro atoms. The highest BCUT2D eigenvalue weighted by Crippen LogP contribution is 2.21. The second kappa shape index (κ2) is 5.82. The fourth-order valence-electron chi connectivity index (χ4n) is 2.40. The number of hydrogen-bond acceptors (Lipinski definition) is 4. The molecule has 2 N–H and O–H groups in total. The summed E-state index contributed by atoms with van der Waals surface area (Å²) in [5, 5.41) is 14.0. The Labute approximate surface area is 112 Å². The van der Waals surface area contributed by atoms with E-state index in [-0.39, 0.29) is 12.1 Å². The Kier molecular flexibility index (Phi) is 4.37. The molecule has 1 atom stereocenters. The van der Waals surface area contributed by atoms with Gasteiger partial charge < -0.3 is 15.3 Å². The minimum absolute atomic E-state index is 0.0478. The van der Waals surface area contributed by atoms with E-state index >= 15 is 0 Å². The van der Waals surface area contributed by atoms with Crippen LogP contribution in [0.2, 0.25) is 0 Å². The van der Waals surface area contributed by atoms with Crippen molar-refractivity contribution in [3.05, 3.63) is 22.4 Å². The van der Waals surface area contributed by atoms with E-state index in [2.05, 4.69) is 34.7 Å². The summed E-state index contributed by atoms with van der Waals surface area (Å²) >= 11 is 1.80. The van der Waals surface area contributed by atoms with Gasteiger partial charge >= 0.3 is 5.97 Å². The van der Waals surface area contributed by atoms with Crippen LogP contribution in [0.4, 0.5) is 0 Å². The van der Waals surface area contributed by atoms with Crippen LogP contribution < -0.4 is 5.32 Å². The number of hydrogen-bond donors (Lipinski definition) is 2. The van der Waals surface area contributed by atoms with Crippen LogP contribution in [-0.2, 0) is 11.2 Å². The Morgan fingerprint density at radius 2 is 2.50 bits per heavy atom. The SMILES string of the molecule is C[C@@]1(NCC(=O)O)CCN(CCc2cccs2)C1. The van der Waals surface area contributed by atoms with E-state index < -0.39 is 5.97 Å². The highest BCUT2D eigenvalue weighted by molar-refractivity contribution is 7.09. The number of nitrogens with one attached hydrogen (secondary N) is 1. The average Bonchev–Trinajstić information content (AvgIpc) is 2.94. The molecule has 0 unspecified atom stereocenters. The molecule has 0 amide bonds. The topological polar surface area (TPSA) is 52.6 Å². The summed E-state index contributed by atoms with van der Waals surface area (Å²) < 4.78 is 0. The number of rotatable bonds is 6. The first-order valence-electron chi connectivity index (χ1n) is 6.29. The third-order valence-corrected chi connectivity index (χ3v) is 4.41. The van der Waals surface area contributed by atoms with E-state index in [0.717, 1.165) is 32.5 Å². The lowest BCUT2D eigenvalue weighted by Crippen LogP contribution is -2.47. The fraction of sp³-hybridized carbons (Fsp3) is 0.615. The van der Waals surface area contributed by atoms with Crippen LogP contribution in [0.15, 0.2) is 17.5 Å². The van der Waals surface area contributed by atoms with Crippen molar-refractivity contribution in [3.63, 3.8) is 0 Å². The van der Waals surface area contributed by atoms with Gasteiger partial charge in [0.2, 0.25) is 0 Å².